The second-order valence-electron chi connectivity index (χ2n) is 7.89. The third-order valence-corrected chi connectivity index (χ3v) is 4.69. The molecular formula is C20H32N2O3. The van der Waals surface area contributed by atoms with Crippen LogP contribution in [0.15, 0.2) is 18.2 Å². The summed E-state index contributed by atoms with van der Waals surface area (Å²) in [5, 5.41) is 3.44. The van der Waals surface area contributed by atoms with E-state index in [9.17, 15) is 4.79 Å². The molecule has 1 N–H and O–H groups in total. The Hall–Kier alpha value is -1.75. The van der Waals surface area contributed by atoms with E-state index in [-0.39, 0.29) is 6.09 Å². The maximum atomic E-state index is 12.3. The highest BCUT2D eigenvalue weighted by molar-refractivity contribution is 5.68. The first-order valence-electron chi connectivity index (χ1n) is 9.02. The van der Waals surface area contributed by atoms with Crippen molar-refractivity contribution in [3.63, 3.8) is 0 Å². The van der Waals surface area contributed by atoms with Gasteiger partial charge in [-0.3, -0.25) is 0 Å². The summed E-state index contributed by atoms with van der Waals surface area (Å²) < 4.78 is 11.0. The molecule has 1 heterocycles. The van der Waals surface area contributed by atoms with Crippen molar-refractivity contribution in [2.75, 3.05) is 27.2 Å². The zero-order valence-corrected chi connectivity index (χ0v) is 16.4. The van der Waals surface area contributed by atoms with Crippen LogP contribution in [0.3, 0.4) is 0 Å². The third-order valence-electron chi connectivity index (χ3n) is 4.69. The molecule has 1 fully saturated rings. The van der Waals surface area contributed by atoms with Gasteiger partial charge in [-0.1, -0.05) is 17.7 Å². The Morgan fingerprint density at radius 3 is 2.72 bits per heavy atom. The first kappa shape index (κ1) is 19.6. The number of carbonyl (C=O) groups excluding carboxylic acids is 1. The van der Waals surface area contributed by atoms with Gasteiger partial charge < -0.3 is 19.7 Å². The smallest absolute Gasteiger partial charge is 0.410 e. The van der Waals surface area contributed by atoms with Crippen LogP contribution < -0.4 is 10.1 Å². The van der Waals surface area contributed by atoms with Crippen molar-refractivity contribution in [1.29, 1.82) is 0 Å². The quantitative estimate of drug-likeness (QED) is 0.886. The summed E-state index contributed by atoms with van der Waals surface area (Å²) in [5.41, 5.74) is 1.98. The fourth-order valence-electron chi connectivity index (χ4n) is 3.42. The number of carbonyl (C=O) groups is 1. The Morgan fingerprint density at radius 2 is 2.12 bits per heavy atom. The van der Waals surface area contributed by atoms with Crippen LogP contribution in [0.1, 0.15) is 38.3 Å². The summed E-state index contributed by atoms with van der Waals surface area (Å²) >= 11 is 0. The van der Waals surface area contributed by atoms with Gasteiger partial charge in [0.1, 0.15) is 11.4 Å². The molecule has 1 saturated heterocycles. The highest BCUT2D eigenvalue weighted by Gasteiger charge is 2.33. The number of ether oxygens (including phenoxy) is 2. The Bertz CT molecular complexity index is 595. The van der Waals surface area contributed by atoms with E-state index in [1.54, 1.807) is 7.11 Å². The van der Waals surface area contributed by atoms with E-state index in [1.807, 2.05) is 38.8 Å². The van der Waals surface area contributed by atoms with Crippen LogP contribution in [0, 0.1) is 12.8 Å². The van der Waals surface area contributed by atoms with E-state index in [1.165, 1.54) is 11.1 Å². The van der Waals surface area contributed by atoms with Crippen molar-refractivity contribution in [2.45, 2.75) is 52.2 Å². The van der Waals surface area contributed by atoms with E-state index >= 15 is 0 Å². The number of methoxy groups -OCH3 is 1. The monoisotopic (exact) mass is 348 g/mol. The fourth-order valence-corrected chi connectivity index (χ4v) is 3.42. The van der Waals surface area contributed by atoms with Crippen LogP contribution >= 0.6 is 0 Å². The van der Waals surface area contributed by atoms with Crippen LogP contribution in [0.4, 0.5) is 4.79 Å². The number of nitrogens with zero attached hydrogens (tertiary/aromatic N) is 1. The highest BCUT2D eigenvalue weighted by Crippen LogP contribution is 2.27. The molecule has 2 unspecified atom stereocenters. The molecule has 5 heteroatoms. The van der Waals surface area contributed by atoms with Gasteiger partial charge in [-0.05, 0) is 65.1 Å². The van der Waals surface area contributed by atoms with Gasteiger partial charge in [-0.25, -0.2) is 4.79 Å². The normalized spacial score (nSPS) is 19.0. The molecule has 25 heavy (non-hydrogen) atoms. The van der Waals surface area contributed by atoms with Crippen molar-refractivity contribution in [3.8, 4) is 5.75 Å². The van der Waals surface area contributed by atoms with E-state index in [0.29, 0.717) is 12.0 Å². The molecule has 1 aromatic carbocycles. The van der Waals surface area contributed by atoms with Crippen LogP contribution in [0.2, 0.25) is 0 Å². The van der Waals surface area contributed by atoms with Gasteiger partial charge in [-0.2, -0.15) is 0 Å². The molecule has 1 aliphatic heterocycles. The number of likely N-dealkylation sites (N-methyl/N-ethyl adjacent to an activating group) is 1. The molecule has 5 nitrogen and oxygen atoms in total. The SMILES string of the molecule is CNC(Cc1cc(C)ccc1OC)C1CCN(C(=O)OC(C)(C)C)C1. The summed E-state index contributed by atoms with van der Waals surface area (Å²) in [6.07, 6.45) is 1.66. The number of hydrogen-bond acceptors (Lipinski definition) is 4. The fraction of sp³-hybridized carbons (Fsp3) is 0.650. The molecule has 140 valence electrons. The molecule has 1 aliphatic rings. The van der Waals surface area contributed by atoms with Crippen molar-refractivity contribution in [3.05, 3.63) is 29.3 Å². The minimum absolute atomic E-state index is 0.210. The lowest BCUT2D eigenvalue weighted by Crippen LogP contribution is -2.39. The summed E-state index contributed by atoms with van der Waals surface area (Å²) in [7, 11) is 3.70. The summed E-state index contributed by atoms with van der Waals surface area (Å²) in [5.74, 6) is 1.33. The lowest BCUT2D eigenvalue weighted by Gasteiger charge is -2.26. The summed E-state index contributed by atoms with van der Waals surface area (Å²) in [6.45, 7) is 9.28. The number of hydrogen-bond donors (Lipinski definition) is 1. The first-order chi connectivity index (χ1) is 11.7. The third kappa shape index (κ3) is 5.36. The Labute approximate surface area is 151 Å². The van der Waals surface area contributed by atoms with Gasteiger partial charge in [0.05, 0.1) is 7.11 Å². The summed E-state index contributed by atoms with van der Waals surface area (Å²) in [6, 6.07) is 6.57. The molecule has 2 rings (SSSR count). The minimum atomic E-state index is -0.452. The van der Waals surface area contributed by atoms with E-state index < -0.39 is 5.60 Å². The van der Waals surface area contributed by atoms with Gasteiger partial charge in [-0.15, -0.1) is 0 Å². The van der Waals surface area contributed by atoms with Crippen molar-refractivity contribution < 1.29 is 14.3 Å². The number of amides is 1. The summed E-state index contributed by atoms with van der Waals surface area (Å²) in [4.78, 5) is 14.1. The molecule has 1 aromatic rings. The molecule has 0 saturated carbocycles. The number of benzene rings is 1. The van der Waals surface area contributed by atoms with Crippen molar-refractivity contribution >= 4 is 6.09 Å². The van der Waals surface area contributed by atoms with E-state index in [4.69, 9.17) is 9.47 Å². The standard InChI is InChI=1S/C20H32N2O3/c1-14-7-8-18(24-6)16(11-14)12-17(21-5)15-9-10-22(13-15)19(23)25-20(2,3)4/h7-8,11,15,17,21H,9-10,12-13H2,1-6H3. The van der Waals surface area contributed by atoms with Crippen LogP contribution in [0.5, 0.6) is 5.75 Å². The Balaban J connectivity index is 2.03. The first-order valence-corrected chi connectivity index (χ1v) is 9.02. The van der Waals surface area contributed by atoms with Gasteiger partial charge in [0.2, 0.25) is 0 Å². The molecule has 2 atom stereocenters. The van der Waals surface area contributed by atoms with E-state index in [2.05, 4.69) is 24.4 Å². The van der Waals surface area contributed by atoms with Crippen LogP contribution in [-0.2, 0) is 11.2 Å². The number of nitrogens with one attached hydrogen (secondary N) is 1. The maximum Gasteiger partial charge on any atom is 0.410 e. The second-order valence-corrected chi connectivity index (χ2v) is 7.89. The molecule has 1 amide bonds. The topological polar surface area (TPSA) is 50.8 Å². The van der Waals surface area contributed by atoms with E-state index in [0.717, 1.165) is 31.7 Å². The van der Waals surface area contributed by atoms with Crippen molar-refractivity contribution in [2.24, 2.45) is 5.92 Å². The number of aryl methyl sites for hydroxylation is 1. The Morgan fingerprint density at radius 1 is 1.40 bits per heavy atom. The second kappa shape index (κ2) is 8.09. The minimum Gasteiger partial charge on any atom is -0.496 e. The van der Waals surface area contributed by atoms with Gasteiger partial charge in [0.15, 0.2) is 0 Å². The highest BCUT2D eigenvalue weighted by atomic mass is 16.6. The van der Waals surface area contributed by atoms with Crippen molar-refractivity contribution in [1.82, 2.24) is 10.2 Å². The molecule has 0 bridgehead atoms. The molecule has 0 aromatic heterocycles. The Kier molecular flexibility index (Phi) is 6.33. The van der Waals surface area contributed by atoms with Crippen LogP contribution in [-0.4, -0.2) is 49.9 Å². The largest absolute Gasteiger partial charge is 0.496 e. The zero-order chi connectivity index (χ0) is 18.6. The lowest BCUT2D eigenvalue weighted by atomic mass is 9.92. The number of rotatable bonds is 5. The predicted molar refractivity (Wildman–Crippen MR) is 100 cm³/mol. The maximum absolute atomic E-state index is 12.3. The zero-order valence-electron chi connectivity index (χ0n) is 16.4. The average molecular weight is 348 g/mol. The predicted octanol–water partition coefficient (Wildman–Crippen LogP) is 3.39. The molecule has 0 spiro atoms. The van der Waals surface area contributed by atoms with Crippen LogP contribution in [0.25, 0.3) is 0 Å². The lowest BCUT2D eigenvalue weighted by molar-refractivity contribution is 0.0285. The van der Waals surface area contributed by atoms with Gasteiger partial charge >= 0.3 is 6.09 Å². The molecular weight excluding hydrogens is 316 g/mol. The molecule has 0 radical (unpaired) electrons. The van der Waals surface area contributed by atoms with Gasteiger partial charge in [0, 0.05) is 19.1 Å². The molecule has 0 aliphatic carbocycles. The van der Waals surface area contributed by atoms with Gasteiger partial charge in [0.25, 0.3) is 0 Å². The number of likely N-dealkylation sites (tertiary alicyclic amines) is 1. The average Bonchev–Trinajstić information content (AvgIpc) is 3.01.